The lowest BCUT2D eigenvalue weighted by atomic mass is 10.0. The van der Waals surface area contributed by atoms with Gasteiger partial charge in [0.1, 0.15) is 0 Å². The van der Waals surface area contributed by atoms with Crippen molar-refractivity contribution in [1.29, 1.82) is 0 Å². The second-order valence-corrected chi connectivity index (χ2v) is 8.85. The molecule has 152 valence electrons. The molecule has 2 amide bonds. The molecule has 9 heteroatoms. The summed E-state index contributed by atoms with van der Waals surface area (Å²) in [4.78, 5) is 24.1. The van der Waals surface area contributed by atoms with Gasteiger partial charge < -0.3 is 15.4 Å². The predicted molar refractivity (Wildman–Crippen MR) is 107 cm³/mol. The molecule has 2 aromatic carbocycles. The Bertz CT molecular complexity index is 1040. The van der Waals surface area contributed by atoms with Crippen LogP contribution < -0.4 is 10.6 Å². The molecular weight excluding hydrogens is 394 g/mol. The summed E-state index contributed by atoms with van der Waals surface area (Å²) in [6.45, 7) is 1.40. The van der Waals surface area contributed by atoms with Crippen LogP contribution in [0.4, 0.5) is 11.4 Å². The monoisotopic (exact) mass is 415 g/mol. The van der Waals surface area contributed by atoms with Gasteiger partial charge in [-0.2, -0.15) is 4.31 Å². The molecular formula is C20H21N3O5S. The first kappa shape index (κ1) is 19.6. The number of aryl methyl sites for hydroxylation is 1. The zero-order valence-corrected chi connectivity index (χ0v) is 16.5. The Morgan fingerprint density at radius 2 is 1.76 bits per heavy atom. The van der Waals surface area contributed by atoms with Gasteiger partial charge in [0.2, 0.25) is 15.9 Å². The van der Waals surface area contributed by atoms with E-state index in [0.717, 1.165) is 11.3 Å². The number of rotatable bonds is 4. The maximum atomic E-state index is 12.7. The van der Waals surface area contributed by atoms with E-state index >= 15 is 0 Å². The summed E-state index contributed by atoms with van der Waals surface area (Å²) in [6, 6.07) is 11.2. The number of amides is 2. The topological polar surface area (TPSA) is 105 Å². The molecule has 0 atom stereocenters. The van der Waals surface area contributed by atoms with Gasteiger partial charge in [-0.05, 0) is 54.4 Å². The molecule has 0 radical (unpaired) electrons. The largest absolute Gasteiger partial charge is 0.379 e. The molecule has 2 aliphatic heterocycles. The van der Waals surface area contributed by atoms with Gasteiger partial charge in [0, 0.05) is 36.4 Å². The number of ether oxygens (including phenoxy) is 1. The number of benzene rings is 2. The number of hydrogen-bond donors (Lipinski definition) is 2. The second kappa shape index (κ2) is 7.94. The molecule has 1 fully saturated rings. The second-order valence-electron chi connectivity index (χ2n) is 6.92. The highest BCUT2D eigenvalue weighted by Gasteiger charge is 2.26. The Balaban J connectivity index is 1.46. The van der Waals surface area contributed by atoms with Crippen molar-refractivity contribution in [2.45, 2.75) is 17.7 Å². The van der Waals surface area contributed by atoms with Crippen molar-refractivity contribution in [3.63, 3.8) is 0 Å². The molecule has 0 unspecified atom stereocenters. The first-order valence-electron chi connectivity index (χ1n) is 9.35. The number of nitrogens with zero attached hydrogens (tertiary/aromatic N) is 1. The third-order valence-electron chi connectivity index (χ3n) is 4.98. The lowest BCUT2D eigenvalue weighted by Crippen LogP contribution is -2.40. The zero-order chi connectivity index (χ0) is 20.4. The quantitative estimate of drug-likeness (QED) is 0.793. The van der Waals surface area contributed by atoms with Crippen LogP contribution in [0, 0.1) is 0 Å². The Morgan fingerprint density at radius 1 is 1.03 bits per heavy atom. The minimum absolute atomic E-state index is 0.0126. The summed E-state index contributed by atoms with van der Waals surface area (Å²) < 4.78 is 31.9. The Hall–Kier alpha value is -2.75. The number of nitrogens with one attached hydrogen (secondary N) is 2. The van der Waals surface area contributed by atoms with Crippen LogP contribution in [0.15, 0.2) is 47.4 Å². The van der Waals surface area contributed by atoms with Crippen molar-refractivity contribution in [2.24, 2.45) is 0 Å². The number of sulfonamides is 1. The normalized spacial score (nSPS) is 17.3. The van der Waals surface area contributed by atoms with Gasteiger partial charge in [0.25, 0.3) is 5.91 Å². The van der Waals surface area contributed by atoms with Crippen LogP contribution in [0.3, 0.4) is 0 Å². The molecule has 2 N–H and O–H groups in total. The highest BCUT2D eigenvalue weighted by atomic mass is 32.2. The van der Waals surface area contributed by atoms with Gasteiger partial charge >= 0.3 is 0 Å². The minimum Gasteiger partial charge on any atom is -0.379 e. The summed E-state index contributed by atoms with van der Waals surface area (Å²) in [5, 5.41) is 5.61. The average Bonchev–Trinajstić information content (AvgIpc) is 2.74. The van der Waals surface area contributed by atoms with Gasteiger partial charge in [-0.25, -0.2) is 8.42 Å². The van der Waals surface area contributed by atoms with E-state index in [1.54, 1.807) is 12.1 Å². The van der Waals surface area contributed by atoms with Crippen LogP contribution in [0.5, 0.6) is 0 Å². The van der Waals surface area contributed by atoms with E-state index in [2.05, 4.69) is 10.6 Å². The van der Waals surface area contributed by atoms with Crippen molar-refractivity contribution in [3.8, 4) is 0 Å². The highest BCUT2D eigenvalue weighted by molar-refractivity contribution is 7.89. The van der Waals surface area contributed by atoms with E-state index in [9.17, 15) is 18.0 Å². The predicted octanol–water partition coefficient (Wildman–Crippen LogP) is 1.84. The first-order chi connectivity index (χ1) is 13.9. The molecule has 0 saturated carbocycles. The third kappa shape index (κ3) is 4.16. The number of fused-ring (bicyclic) bond motifs is 1. The van der Waals surface area contributed by atoms with Crippen LogP contribution in [-0.4, -0.2) is 50.8 Å². The maximum absolute atomic E-state index is 12.7. The molecule has 0 aromatic heterocycles. The average molecular weight is 415 g/mol. The van der Waals surface area contributed by atoms with E-state index in [1.165, 1.54) is 28.6 Å². The molecule has 0 bridgehead atoms. The van der Waals surface area contributed by atoms with Crippen molar-refractivity contribution in [3.05, 3.63) is 53.6 Å². The summed E-state index contributed by atoms with van der Waals surface area (Å²) >= 11 is 0. The molecule has 8 nitrogen and oxygen atoms in total. The Morgan fingerprint density at radius 3 is 2.48 bits per heavy atom. The lowest BCUT2D eigenvalue weighted by Gasteiger charge is -2.26. The van der Waals surface area contributed by atoms with E-state index in [1.807, 2.05) is 6.07 Å². The van der Waals surface area contributed by atoms with Gasteiger partial charge in [-0.1, -0.05) is 0 Å². The molecule has 1 saturated heterocycles. The van der Waals surface area contributed by atoms with Gasteiger partial charge in [0.15, 0.2) is 0 Å². The number of carbonyl (C=O) groups excluding carboxylic acids is 2. The van der Waals surface area contributed by atoms with E-state index < -0.39 is 10.0 Å². The summed E-state index contributed by atoms with van der Waals surface area (Å²) in [6.07, 6.45) is 1.04. The zero-order valence-electron chi connectivity index (χ0n) is 15.7. The number of morpholine rings is 1. The van der Waals surface area contributed by atoms with Crippen LogP contribution in [-0.2, 0) is 26.0 Å². The number of carbonyl (C=O) groups is 2. The molecule has 2 heterocycles. The highest BCUT2D eigenvalue weighted by Crippen LogP contribution is 2.26. The van der Waals surface area contributed by atoms with E-state index in [4.69, 9.17) is 4.74 Å². The standard InChI is InChI=1S/C20H21N3O5S/c24-19-8-3-15-13-16(4-7-18(15)22-19)21-20(25)14-1-5-17(6-2-14)29(26,27)23-9-11-28-12-10-23/h1-2,4-7,13H,3,8-12H2,(H,21,25)(H,22,24). The summed E-state index contributed by atoms with van der Waals surface area (Å²) in [7, 11) is -3.59. The third-order valence-corrected chi connectivity index (χ3v) is 6.90. The van der Waals surface area contributed by atoms with Crippen LogP contribution in [0.25, 0.3) is 0 Å². The van der Waals surface area contributed by atoms with Crippen molar-refractivity contribution >= 4 is 33.2 Å². The number of hydrogen-bond acceptors (Lipinski definition) is 5. The van der Waals surface area contributed by atoms with E-state index in [-0.39, 0.29) is 16.7 Å². The first-order valence-corrected chi connectivity index (χ1v) is 10.8. The van der Waals surface area contributed by atoms with Crippen LogP contribution >= 0.6 is 0 Å². The molecule has 29 heavy (non-hydrogen) atoms. The smallest absolute Gasteiger partial charge is 0.255 e. The fourth-order valence-corrected chi connectivity index (χ4v) is 4.79. The molecule has 2 aromatic rings. The number of anilines is 2. The minimum atomic E-state index is -3.59. The Labute approximate surface area is 168 Å². The van der Waals surface area contributed by atoms with E-state index in [0.29, 0.717) is 50.4 Å². The fraction of sp³-hybridized carbons (Fsp3) is 0.300. The SMILES string of the molecule is O=C1CCc2cc(NC(=O)c3ccc(S(=O)(=O)N4CCOCC4)cc3)ccc2N1. The van der Waals surface area contributed by atoms with Gasteiger partial charge in [-0.15, -0.1) is 0 Å². The fourth-order valence-electron chi connectivity index (χ4n) is 3.38. The van der Waals surface area contributed by atoms with Gasteiger partial charge in [-0.3, -0.25) is 9.59 Å². The van der Waals surface area contributed by atoms with Crippen molar-refractivity contribution in [2.75, 3.05) is 36.9 Å². The molecule has 0 spiro atoms. The molecule has 0 aliphatic carbocycles. The van der Waals surface area contributed by atoms with Crippen molar-refractivity contribution in [1.82, 2.24) is 4.31 Å². The maximum Gasteiger partial charge on any atom is 0.255 e. The van der Waals surface area contributed by atoms with Crippen LogP contribution in [0.1, 0.15) is 22.3 Å². The lowest BCUT2D eigenvalue weighted by molar-refractivity contribution is -0.116. The summed E-state index contributed by atoms with van der Waals surface area (Å²) in [5.74, 6) is -0.346. The molecule has 2 aliphatic rings. The van der Waals surface area contributed by atoms with Crippen molar-refractivity contribution < 1.29 is 22.7 Å². The summed E-state index contributed by atoms with van der Waals surface area (Å²) in [5.41, 5.74) is 2.71. The molecule has 4 rings (SSSR count). The van der Waals surface area contributed by atoms with Gasteiger partial charge in [0.05, 0.1) is 18.1 Å². The Kier molecular flexibility index (Phi) is 5.35. The van der Waals surface area contributed by atoms with Crippen LogP contribution in [0.2, 0.25) is 0 Å².